The second kappa shape index (κ2) is 8.01. The average Bonchev–Trinajstić information content (AvgIpc) is 2.44. The van der Waals surface area contributed by atoms with Crippen molar-refractivity contribution in [1.82, 2.24) is 9.80 Å². The third-order valence-corrected chi connectivity index (χ3v) is 3.12. The highest BCUT2D eigenvalue weighted by Gasteiger charge is 2.13. The Balaban J connectivity index is 0.000000771. The molecule has 0 spiro atoms. The molecule has 1 aliphatic heterocycles. The second-order valence-corrected chi connectivity index (χ2v) is 4.44. The van der Waals surface area contributed by atoms with Crippen molar-refractivity contribution in [1.29, 1.82) is 0 Å². The van der Waals surface area contributed by atoms with Crippen LogP contribution in [0.25, 0.3) is 0 Å². The molecule has 18 heavy (non-hydrogen) atoms. The van der Waals surface area contributed by atoms with E-state index in [-0.39, 0.29) is 0 Å². The first-order valence-electron chi connectivity index (χ1n) is 6.73. The smallest absolute Gasteiger partial charge is 0.150 e. The van der Waals surface area contributed by atoms with E-state index >= 15 is 0 Å². The van der Waals surface area contributed by atoms with E-state index in [9.17, 15) is 4.79 Å². The first-order chi connectivity index (χ1) is 8.78. The number of piperazine rings is 1. The van der Waals surface area contributed by atoms with Gasteiger partial charge in [-0.2, -0.15) is 0 Å². The van der Waals surface area contributed by atoms with E-state index in [2.05, 4.69) is 16.8 Å². The number of aldehydes is 1. The minimum absolute atomic E-state index is 0.752. The molecule has 0 atom stereocenters. The maximum absolute atomic E-state index is 10.5. The van der Waals surface area contributed by atoms with E-state index in [0.717, 1.165) is 44.6 Å². The van der Waals surface area contributed by atoms with Crippen molar-refractivity contribution in [3.8, 4) is 0 Å². The van der Waals surface area contributed by atoms with Crippen LogP contribution >= 0.6 is 0 Å². The number of carbonyl (C=O) groups excluding carboxylic acids is 1. The van der Waals surface area contributed by atoms with Gasteiger partial charge in [-0.05, 0) is 12.6 Å². The van der Waals surface area contributed by atoms with Crippen molar-refractivity contribution >= 4 is 6.29 Å². The summed E-state index contributed by atoms with van der Waals surface area (Å²) in [6, 6.07) is 7.86. The Labute approximate surface area is 110 Å². The van der Waals surface area contributed by atoms with Gasteiger partial charge in [-0.3, -0.25) is 9.69 Å². The van der Waals surface area contributed by atoms with Crippen LogP contribution in [-0.2, 0) is 6.54 Å². The molecule has 0 bridgehead atoms. The highest BCUT2D eigenvalue weighted by atomic mass is 16.1. The Morgan fingerprint density at radius 1 is 1.06 bits per heavy atom. The predicted molar refractivity (Wildman–Crippen MR) is 76.0 cm³/mol. The van der Waals surface area contributed by atoms with E-state index < -0.39 is 0 Å². The van der Waals surface area contributed by atoms with Crippen LogP contribution in [0.5, 0.6) is 0 Å². The zero-order valence-electron chi connectivity index (χ0n) is 11.7. The van der Waals surface area contributed by atoms with Gasteiger partial charge in [0, 0.05) is 38.3 Å². The summed E-state index contributed by atoms with van der Waals surface area (Å²) < 4.78 is 0. The Kier molecular flexibility index (Phi) is 6.61. The van der Waals surface area contributed by atoms with Crippen molar-refractivity contribution < 1.29 is 4.79 Å². The molecule has 3 nitrogen and oxygen atoms in total. The van der Waals surface area contributed by atoms with E-state index in [1.807, 2.05) is 38.1 Å². The van der Waals surface area contributed by atoms with Crippen LogP contribution in [0.1, 0.15) is 29.8 Å². The zero-order chi connectivity index (χ0) is 13.4. The van der Waals surface area contributed by atoms with Gasteiger partial charge in [-0.25, -0.2) is 0 Å². The third-order valence-electron chi connectivity index (χ3n) is 3.12. The lowest BCUT2D eigenvalue weighted by Crippen LogP contribution is -2.43. The fourth-order valence-electron chi connectivity index (χ4n) is 1.97. The largest absolute Gasteiger partial charge is 0.304 e. The van der Waals surface area contributed by atoms with Crippen molar-refractivity contribution in [3.05, 3.63) is 35.4 Å². The van der Waals surface area contributed by atoms with Crippen LogP contribution in [0.4, 0.5) is 0 Å². The van der Waals surface area contributed by atoms with Gasteiger partial charge in [-0.15, -0.1) is 0 Å². The number of benzene rings is 1. The molecule has 1 fully saturated rings. The average molecular weight is 248 g/mol. The summed E-state index contributed by atoms with van der Waals surface area (Å²) in [5.74, 6) is 0. The summed E-state index contributed by atoms with van der Waals surface area (Å²) in [4.78, 5) is 15.3. The summed E-state index contributed by atoms with van der Waals surface area (Å²) in [7, 11) is 2.16. The molecule has 0 unspecified atom stereocenters. The molecule has 1 saturated heterocycles. The Bertz CT molecular complexity index is 340. The summed E-state index contributed by atoms with van der Waals surface area (Å²) in [6.45, 7) is 9.55. The molecular formula is C15H24N2O. The van der Waals surface area contributed by atoms with E-state index in [4.69, 9.17) is 0 Å². The van der Waals surface area contributed by atoms with Crippen LogP contribution < -0.4 is 0 Å². The molecule has 1 heterocycles. The van der Waals surface area contributed by atoms with Gasteiger partial charge in [0.05, 0.1) is 0 Å². The highest BCUT2D eigenvalue weighted by Crippen LogP contribution is 2.08. The van der Waals surface area contributed by atoms with Crippen LogP contribution in [-0.4, -0.2) is 49.3 Å². The summed E-state index contributed by atoms with van der Waals surface area (Å²) in [5, 5.41) is 0. The van der Waals surface area contributed by atoms with Crippen molar-refractivity contribution in [2.45, 2.75) is 20.4 Å². The molecule has 0 saturated carbocycles. The lowest BCUT2D eigenvalue weighted by Gasteiger charge is -2.32. The molecule has 100 valence electrons. The second-order valence-electron chi connectivity index (χ2n) is 4.44. The SMILES string of the molecule is CC.CN1CCN(Cc2ccc(C=O)cc2)CC1. The van der Waals surface area contributed by atoms with Crippen LogP contribution in [0, 0.1) is 0 Å². The minimum atomic E-state index is 0.752. The number of nitrogens with zero attached hydrogens (tertiary/aromatic N) is 2. The number of hydrogen-bond acceptors (Lipinski definition) is 3. The van der Waals surface area contributed by atoms with Gasteiger partial charge in [0.1, 0.15) is 6.29 Å². The lowest BCUT2D eigenvalue weighted by atomic mass is 10.1. The molecule has 0 amide bonds. The molecule has 0 N–H and O–H groups in total. The third kappa shape index (κ3) is 4.59. The van der Waals surface area contributed by atoms with E-state index in [0.29, 0.717) is 0 Å². The molecule has 1 aromatic rings. The molecule has 1 aromatic carbocycles. The first kappa shape index (κ1) is 14.9. The zero-order valence-corrected chi connectivity index (χ0v) is 11.7. The first-order valence-corrected chi connectivity index (χ1v) is 6.73. The van der Waals surface area contributed by atoms with E-state index in [1.165, 1.54) is 5.56 Å². The summed E-state index contributed by atoms with van der Waals surface area (Å²) in [5.41, 5.74) is 2.04. The number of carbonyl (C=O) groups is 1. The quantitative estimate of drug-likeness (QED) is 0.767. The molecule has 3 heteroatoms. The monoisotopic (exact) mass is 248 g/mol. The Morgan fingerprint density at radius 2 is 1.61 bits per heavy atom. The van der Waals surface area contributed by atoms with Gasteiger partial charge >= 0.3 is 0 Å². The number of likely N-dealkylation sites (N-methyl/N-ethyl adjacent to an activating group) is 1. The van der Waals surface area contributed by atoms with Crippen LogP contribution in [0.3, 0.4) is 0 Å². The topological polar surface area (TPSA) is 23.6 Å². The Hall–Kier alpha value is -1.19. The summed E-state index contributed by atoms with van der Waals surface area (Å²) >= 11 is 0. The predicted octanol–water partition coefficient (Wildman–Crippen LogP) is 2.27. The highest BCUT2D eigenvalue weighted by molar-refractivity contribution is 5.74. The number of hydrogen-bond donors (Lipinski definition) is 0. The van der Waals surface area contributed by atoms with Gasteiger partial charge in [0.2, 0.25) is 0 Å². The molecule has 0 aliphatic carbocycles. The van der Waals surface area contributed by atoms with Gasteiger partial charge < -0.3 is 4.90 Å². The molecule has 2 rings (SSSR count). The fourth-order valence-corrected chi connectivity index (χ4v) is 1.97. The van der Waals surface area contributed by atoms with Crippen molar-refractivity contribution in [2.24, 2.45) is 0 Å². The molecule has 1 aliphatic rings. The van der Waals surface area contributed by atoms with Crippen LogP contribution in [0.2, 0.25) is 0 Å². The Morgan fingerprint density at radius 3 is 2.11 bits per heavy atom. The maximum atomic E-state index is 10.5. The minimum Gasteiger partial charge on any atom is -0.304 e. The molecule has 0 radical (unpaired) electrons. The van der Waals surface area contributed by atoms with Gasteiger partial charge in [0.15, 0.2) is 0 Å². The van der Waals surface area contributed by atoms with Crippen molar-refractivity contribution in [3.63, 3.8) is 0 Å². The summed E-state index contributed by atoms with van der Waals surface area (Å²) in [6.07, 6.45) is 0.889. The lowest BCUT2D eigenvalue weighted by molar-refractivity contribution is 0.112. The maximum Gasteiger partial charge on any atom is 0.150 e. The van der Waals surface area contributed by atoms with Crippen molar-refractivity contribution in [2.75, 3.05) is 33.2 Å². The van der Waals surface area contributed by atoms with Crippen LogP contribution in [0.15, 0.2) is 24.3 Å². The van der Waals surface area contributed by atoms with Gasteiger partial charge in [0.25, 0.3) is 0 Å². The standard InChI is InChI=1S/C13H18N2O.C2H6/c1-14-6-8-15(9-7-14)10-12-2-4-13(11-16)5-3-12;1-2/h2-5,11H,6-10H2,1H3;1-2H3. The molecular weight excluding hydrogens is 224 g/mol. The normalized spacial score (nSPS) is 16.8. The fraction of sp³-hybridized carbons (Fsp3) is 0.533. The van der Waals surface area contributed by atoms with Gasteiger partial charge in [-0.1, -0.05) is 38.1 Å². The molecule has 0 aromatic heterocycles. The number of rotatable bonds is 3. The van der Waals surface area contributed by atoms with E-state index in [1.54, 1.807) is 0 Å².